The number of carbonyl (C=O) groups excluding carboxylic acids is 1. The molecule has 0 bridgehead atoms. The van der Waals surface area contributed by atoms with Crippen LogP contribution in [0.15, 0.2) is 0 Å². The summed E-state index contributed by atoms with van der Waals surface area (Å²) in [5.41, 5.74) is 0. The Morgan fingerprint density at radius 2 is 2.27 bits per heavy atom. The minimum absolute atomic E-state index is 0.369. The van der Waals surface area contributed by atoms with Gasteiger partial charge < -0.3 is 10.2 Å². The summed E-state index contributed by atoms with van der Waals surface area (Å²) in [5.74, 6) is 1.09. The first kappa shape index (κ1) is 10.9. The zero-order valence-corrected chi connectivity index (χ0v) is 9.67. The van der Waals surface area contributed by atoms with Crippen molar-refractivity contribution in [2.24, 2.45) is 5.92 Å². The van der Waals surface area contributed by atoms with Crippen LogP contribution in [0.4, 0.5) is 0 Å². The van der Waals surface area contributed by atoms with Gasteiger partial charge in [0, 0.05) is 25.6 Å². The molecule has 2 atom stereocenters. The minimum atomic E-state index is 0.369. The van der Waals surface area contributed by atoms with E-state index >= 15 is 0 Å². The topological polar surface area (TPSA) is 32.3 Å². The average molecular weight is 210 g/mol. The number of rotatable bonds is 2. The third-order valence-electron chi connectivity index (χ3n) is 3.70. The average Bonchev–Trinajstić information content (AvgIpc) is 2.67. The Bertz CT molecular complexity index is 224. The van der Waals surface area contributed by atoms with E-state index in [4.69, 9.17) is 0 Å². The Hall–Kier alpha value is -0.570. The van der Waals surface area contributed by atoms with Crippen LogP contribution < -0.4 is 5.32 Å². The van der Waals surface area contributed by atoms with Gasteiger partial charge in [-0.1, -0.05) is 6.92 Å². The molecule has 2 aliphatic rings. The predicted molar refractivity (Wildman–Crippen MR) is 60.6 cm³/mol. The lowest BCUT2D eigenvalue weighted by Gasteiger charge is -2.24. The van der Waals surface area contributed by atoms with Crippen LogP contribution in [0.2, 0.25) is 0 Å². The molecule has 3 nitrogen and oxygen atoms in total. The highest BCUT2D eigenvalue weighted by atomic mass is 16.2. The van der Waals surface area contributed by atoms with Crippen LogP contribution in [0.3, 0.4) is 0 Å². The van der Waals surface area contributed by atoms with Crippen LogP contribution in [0.5, 0.6) is 0 Å². The molecule has 1 unspecified atom stereocenters. The fraction of sp³-hybridized carbons (Fsp3) is 0.917. The number of carbonyl (C=O) groups is 1. The van der Waals surface area contributed by atoms with Gasteiger partial charge in [-0.05, 0) is 38.1 Å². The highest BCUT2D eigenvalue weighted by Crippen LogP contribution is 2.18. The number of nitrogens with zero attached hydrogens (tertiary/aromatic N) is 1. The molecule has 2 aliphatic heterocycles. The summed E-state index contributed by atoms with van der Waals surface area (Å²) in [6, 6.07) is 0.558. The van der Waals surface area contributed by atoms with E-state index in [9.17, 15) is 4.79 Å². The fourth-order valence-corrected chi connectivity index (χ4v) is 2.54. The second kappa shape index (κ2) is 4.97. The van der Waals surface area contributed by atoms with Crippen LogP contribution in [0, 0.1) is 5.92 Å². The molecule has 0 aromatic carbocycles. The van der Waals surface area contributed by atoms with E-state index in [1.54, 1.807) is 0 Å². The van der Waals surface area contributed by atoms with Crippen molar-refractivity contribution in [3.8, 4) is 0 Å². The lowest BCUT2D eigenvalue weighted by atomic mass is 10.0. The summed E-state index contributed by atoms with van der Waals surface area (Å²) >= 11 is 0. The predicted octanol–water partition coefficient (Wildman–Crippen LogP) is 1.39. The van der Waals surface area contributed by atoms with E-state index < -0.39 is 0 Å². The lowest BCUT2D eigenvalue weighted by Crippen LogP contribution is -2.40. The van der Waals surface area contributed by atoms with Crippen molar-refractivity contribution in [1.82, 2.24) is 10.2 Å². The van der Waals surface area contributed by atoms with Crippen molar-refractivity contribution < 1.29 is 4.79 Å². The normalized spacial score (nSPS) is 33.1. The van der Waals surface area contributed by atoms with Crippen LogP contribution in [-0.4, -0.2) is 36.5 Å². The van der Waals surface area contributed by atoms with Gasteiger partial charge in [-0.2, -0.15) is 0 Å². The third kappa shape index (κ3) is 2.94. The van der Waals surface area contributed by atoms with Gasteiger partial charge in [0.25, 0.3) is 0 Å². The number of likely N-dealkylation sites (tertiary alicyclic amines) is 1. The fourth-order valence-electron chi connectivity index (χ4n) is 2.54. The van der Waals surface area contributed by atoms with E-state index in [1.165, 1.54) is 19.3 Å². The van der Waals surface area contributed by atoms with Crippen molar-refractivity contribution in [3.05, 3.63) is 0 Å². The minimum Gasteiger partial charge on any atom is -0.341 e. The van der Waals surface area contributed by atoms with Crippen LogP contribution in [-0.2, 0) is 4.79 Å². The largest absolute Gasteiger partial charge is 0.341 e. The highest BCUT2D eigenvalue weighted by molar-refractivity contribution is 5.76. The SMILES string of the molecule is CC1CCC(=O)N(C[C@@H]2CCCN2)CC1. The number of hydrogen-bond donors (Lipinski definition) is 1. The summed E-state index contributed by atoms with van der Waals surface area (Å²) < 4.78 is 0. The summed E-state index contributed by atoms with van der Waals surface area (Å²) in [7, 11) is 0. The molecule has 86 valence electrons. The van der Waals surface area contributed by atoms with Crippen molar-refractivity contribution in [2.75, 3.05) is 19.6 Å². The van der Waals surface area contributed by atoms with Crippen molar-refractivity contribution >= 4 is 5.91 Å². The summed E-state index contributed by atoms with van der Waals surface area (Å²) in [6.07, 6.45) is 5.52. The maximum atomic E-state index is 11.8. The molecule has 0 spiro atoms. The molecule has 0 saturated carbocycles. The van der Waals surface area contributed by atoms with Crippen LogP contribution in [0.25, 0.3) is 0 Å². The smallest absolute Gasteiger partial charge is 0.222 e. The summed E-state index contributed by atoms with van der Waals surface area (Å²) in [5, 5.41) is 3.46. The molecule has 0 aliphatic carbocycles. The number of amides is 1. The molecule has 2 rings (SSSR count). The van der Waals surface area contributed by atoms with Gasteiger partial charge in [0.15, 0.2) is 0 Å². The van der Waals surface area contributed by atoms with Crippen molar-refractivity contribution in [3.63, 3.8) is 0 Å². The van der Waals surface area contributed by atoms with E-state index in [1.807, 2.05) is 0 Å². The van der Waals surface area contributed by atoms with Gasteiger partial charge in [-0.3, -0.25) is 4.79 Å². The van der Waals surface area contributed by atoms with Gasteiger partial charge in [0.05, 0.1) is 0 Å². The van der Waals surface area contributed by atoms with Crippen molar-refractivity contribution in [2.45, 2.75) is 45.1 Å². The first-order valence-electron chi connectivity index (χ1n) is 6.27. The van der Waals surface area contributed by atoms with E-state index in [-0.39, 0.29) is 0 Å². The second-order valence-electron chi connectivity index (χ2n) is 5.07. The van der Waals surface area contributed by atoms with Crippen LogP contribution >= 0.6 is 0 Å². The molecule has 15 heavy (non-hydrogen) atoms. The molecular weight excluding hydrogens is 188 g/mol. The number of nitrogens with one attached hydrogen (secondary N) is 1. The summed E-state index contributed by atoms with van der Waals surface area (Å²) in [4.78, 5) is 13.9. The molecule has 2 heterocycles. The highest BCUT2D eigenvalue weighted by Gasteiger charge is 2.24. The Morgan fingerprint density at radius 3 is 3.00 bits per heavy atom. The van der Waals surface area contributed by atoms with Gasteiger partial charge >= 0.3 is 0 Å². The van der Waals surface area contributed by atoms with Crippen molar-refractivity contribution in [1.29, 1.82) is 0 Å². The Kier molecular flexibility index (Phi) is 3.62. The molecule has 3 heteroatoms. The summed E-state index contributed by atoms with van der Waals surface area (Å²) in [6.45, 7) is 5.29. The molecular formula is C12H22N2O. The zero-order valence-electron chi connectivity index (χ0n) is 9.67. The van der Waals surface area contributed by atoms with Gasteiger partial charge in [0.1, 0.15) is 0 Å². The maximum Gasteiger partial charge on any atom is 0.222 e. The third-order valence-corrected chi connectivity index (χ3v) is 3.70. The van der Waals surface area contributed by atoms with Gasteiger partial charge in [-0.25, -0.2) is 0 Å². The zero-order chi connectivity index (χ0) is 10.7. The molecule has 0 aromatic rings. The second-order valence-corrected chi connectivity index (χ2v) is 5.07. The first-order valence-corrected chi connectivity index (χ1v) is 6.27. The quantitative estimate of drug-likeness (QED) is 0.747. The molecule has 1 amide bonds. The lowest BCUT2D eigenvalue weighted by molar-refractivity contribution is -0.131. The Balaban J connectivity index is 1.86. The van der Waals surface area contributed by atoms with E-state index in [0.29, 0.717) is 11.9 Å². The molecule has 2 fully saturated rings. The molecule has 2 saturated heterocycles. The van der Waals surface area contributed by atoms with E-state index in [0.717, 1.165) is 38.4 Å². The Morgan fingerprint density at radius 1 is 1.40 bits per heavy atom. The van der Waals surface area contributed by atoms with Crippen LogP contribution in [0.1, 0.15) is 39.0 Å². The molecule has 1 N–H and O–H groups in total. The monoisotopic (exact) mass is 210 g/mol. The first-order chi connectivity index (χ1) is 7.25. The standard InChI is InChI=1S/C12H22N2O/c1-10-4-5-12(15)14(8-6-10)9-11-3-2-7-13-11/h10-11,13H,2-9H2,1H3/t10?,11-/m0/s1. The number of hydrogen-bond acceptors (Lipinski definition) is 2. The van der Waals surface area contributed by atoms with E-state index in [2.05, 4.69) is 17.1 Å². The molecule has 0 radical (unpaired) electrons. The maximum absolute atomic E-state index is 11.8. The Labute approximate surface area is 92.2 Å². The molecule has 0 aromatic heterocycles. The van der Waals surface area contributed by atoms with Gasteiger partial charge in [-0.15, -0.1) is 0 Å². The van der Waals surface area contributed by atoms with Gasteiger partial charge in [0.2, 0.25) is 5.91 Å².